The fourth-order valence-electron chi connectivity index (χ4n) is 1.37. The average Bonchev–Trinajstić information content (AvgIpc) is 2.29. The molecule has 0 aromatic carbocycles. The van der Waals surface area contributed by atoms with Crippen molar-refractivity contribution in [2.24, 2.45) is 0 Å². The van der Waals surface area contributed by atoms with E-state index in [-0.39, 0.29) is 5.69 Å². The number of alkyl halides is 3. The van der Waals surface area contributed by atoms with Gasteiger partial charge in [-0.15, -0.1) is 0 Å². The second kappa shape index (κ2) is 6.78. The lowest BCUT2D eigenvalue weighted by Crippen LogP contribution is -2.19. The first kappa shape index (κ1) is 16.5. The molecular formula is C11H15F3N2O3S. The number of pyridine rings is 1. The minimum Gasteiger partial charge on any atom is -0.478 e. The van der Waals surface area contributed by atoms with Gasteiger partial charge in [0.2, 0.25) is 15.9 Å². The highest BCUT2D eigenvalue weighted by Crippen LogP contribution is 2.22. The summed E-state index contributed by atoms with van der Waals surface area (Å²) in [5, 5.41) is 0. The van der Waals surface area contributed by atoms with Gasteiger partial charge in [0.1, 0.15) is 0 Å². The van der Waals surface area contributed by atoms with Crippen molar-refractivity contribution >= 4 is 15.7 Å². The predicted octanol–water partition coefficient (Wildman–Crippen LogP) is 2.56. The van der Waals surface area contributed by atoms with E-state index in [2.05, 4.69) is 9.71 Å². The lowest BCUT2D eigenvalue weighted by molar-refractivity contribution is -0.134. The summed E-state index contributed by atoms with van der Waals surface area (Å²) >= 11 is 0. The molecule has 1 aromatic rings. The van der Waals surface area contributed by atoms with Crippen molar-refractivity contribution in [2.45, 2.75) is 25.9 Å². The minimum absolute atomic E-state index is 0.181. The Labute approximate surface area is 115 Å². The Hall–Kier alpha value is -1.51. The topological polar surface area (TPSA) is 68.3 Å². The van der Waals surface area contributed by atoms with E-state index in [0.717, 1.165) is 0 Å². The predicted molar refractivity (Wildman–Crippen MR) is 68.1 cm³/mol. The van der Waals surface area contributed by atoms with E-state index in [1.165, 1.54) is 18.3 Å². The lowest BCUT2D eigenvalue weighted by atomic mass is 10.3. The second-order valence-corrected chi connectivity index (χ2v) is 5.80. The molecule has 1 aromatic heterocycles. The largest absolute Gasteiger partial charge is 0.478 e. The summed E-state index contributed by atoms with van der Waals surface area (Å²) in [4.78, 5) is 3.84. The third-order valence-corrected chi connectivity index (χ3v) is 3.55. The maximum Gasteiger partial charge on any atom is 0.389 e. The minimum atomic E-state index is -4.35. The van der Waals surface area contributed by atoms with Crippen LogP contribution in [0.25, 0.3) is 0 Å². The summed E-state index contributed by atoms with van der Waals surface area (Å²) in [5.74, 6) is -0.257. The van der Waals surface area contributed by atoms with E-state index in [4.69, 9.17) is 4.74 Å². The van der Waals surface area contributed by atoms with Crippen molar-refractivity contribution in [1.29, 1.82) is 0 Å². The van der Waals surface area contributed by atoms with Gasteiger partial charge < -0.3 is 4.74 Å². The van der Waals surface area contributed by atoms with Crippen molar-refractivity contribution in [2.75, 3.05) is 17.1 Å². The Morgan fingerprint density at radius 1 is 1.35 bits per heavy atom. The summed E-state index contributed by atoms with van der Waals surface area (Å²) in [5.41, 5.74) is 0.181. The van der Waals surface area contributed by atoms with Crippen LogP contribution < -0.4 is 9.46 Å². The van der Waals surface area contributed by atoms with Gasteiger partial charge in [0.25, 0.3) is 0 Å². The molecule has 0 fully saturated rings. The van der Waals surface area contributed by atoms with E-state index in [0.29, 0.717) is 12.5 Å². The Morgan fingerprint density at radius 3 is 2.55 bits per heavy atom. The molecule has 0 saturated heterocycles. The summed E-state index contributed by atoms with van der Waals surface area (Å²) in [6, 6.07) is 2.90. The monoisotopic (exact) mass is 312 g/mol. The summed E-state index contributed by atoms with van der Waals surface area (Å²) < 4.78 is 66.2. The fraction of sp³-hybridized carbons (Fsp3) is 0.545. The lowest BCUT2D eigenvalue weighted by Gasteiger charge is -2.09. The number of hydrogen-bond acceptors (Lipinski definition) is 4. The van der Waals surface area contributed by atoms with Crippen LogP contribution in [0.2, 0.25) is 0 Å². The van der Waals surface area contributed by atoms with Crippen LogP contribution in [0.5, 0.6) is 5.88 Å². The van der Waals surface area contributed by atoms with Gasteiger partial charge in [-0.3, -0.25) is 4.72 Å². The van der Waals surface area contributed by atoms with Crippen LogP contribution in [0.3, 0.4) is 0 Å². The summed E-state index contributed by atoms with van der Waals surface area (Å²) in [6.45, 7) is 2.20. The van der Waals surface area contributed by atoms with Crippen LogP contribution in [0, 0.1) is 0 Å². The molecule has 5 nitrogen and oxygen atoms in total. The highest BCUT2D eigenvalue weighted by molar-refractivity contribution is 7.92. The van der Waals surface area contributed by atoms with Gasteiger partial charge in [-0.1, -0.05) is 0 Å². The van der Waals surface area contributed by atoms with Crippen LogP contribution >= 0.6 is 0 Å². The van der Waals surface area contributed by atoms with E-state index in [1.54, 1.807) is 6.92 Å². The van der Waals surface area contributed by atoms with Gasteiger partial charge in [0, 0.05) is 12.5 Å². The van der Waals surface area contributed by atoms with E-state index in [9.17, 15) is 21.6 Å². The van der Waals surface area contributed by atoms with Crippen molar-refractivity contribution in [3.05, 3.63) is 18.3 Å². The van der Waals surface area contributed by atoms with Crippen molar-refractivity contribution in [3.8, 4) is 5.88 Å². The Bertz CT molecular complexity index is 515. The number of nitrogens with one attached hydrogen (secondary N) is 1. The van der Waals surface area contributed by atoms with E-state index < -0.39 is 34.8 Å². The van der Waals surface area contributed by atoms with Gasteiger partial charge >= 0.3 is 6.18 Å². The Morgan fingerprint density at radius 2 is 2.05 bits per heavy atom. The van der Waals surface area contributed by atoms with Gasteiger partial charge in [-0.2, -0.15) is 13.2 Å². The molecule has 0 saturated carbocycles. The third-order valence-electron chi connectivity index (χ3n) is 2.18. The molecule has 0 bridgehead atoms. The maximum absolute atomic E-state index is 11.9. The van der Waals surface area contributed by atoms with E-state index >= 15 is 0 Å². The van der Waals surface area contributed by atoms with E-state index in [1.807, 2.05) is 0 Å². The maximum atomic E-state index is 11.9. The fourth-order valence-corrected chi connectivity index (χ4v) is 2.47. The molecule has 9 heteroatoms. The molecule has 0 radical (unpaired) electrons. The number of nitrogens with zero attached hydrogens (tertiary/aromatic N) is 1. The zero-order chi connectivity index (χ0) is 15.2. The highest BCUT2D eigenvalue weighted by Gasteiger charge is 2.27. The molecule has 0 aliphatic heterocycles. The zero-order valence-electron chi connectivity index (χ0n) is 10.8. The number of hydrogen-bond donors (Lipinski definition) is 1. The SMILES string of the molecule is CCOc1ccc(NS(=O)(=O)CCCC(F)(F)F)cn1. The molecular weight excluding hydrogens is 297 g/mol. The normalized spacial score (nSPS) is 12.2. The molecule has 0 spiro atoms. The molecule has 0 aliphatic rings. The van der Waals surface area contributed by atoms with Crippen molar-refractivity contribution < 1.29 is 26.3 Å². The molecule has 1 N–H and O–H groups in total. The average molecular weight is 312 g/mol. The van der Waals surface area contributed by atoms with Crippen LogP contribution in [0.15, 0.2) is 18.3 Å². The smallest absolute Gasteiger partial charge is 0.389 e. The van der Waals surface area contributed by atoms with Crippen molar-refractivity contribution in [1.82, 2.24) is 4.98 Å². The molecule has 20 heavy (non-hydrogen) atoms. The van der Waals surface area contributed by atoms with Crippen LogP contribution in [0.1, 0.15) is 19.8 Å². The van der Waals surface area contributed by atoms with Gasteiger partial charge in [0.05, 0.1) is 24.2 Å². The molecule has 1 rings (SSSR count). The molecule has 0 amide bonds. The quantitative estimate of drug-likeness (QED) is 0.840. The van der Waals surface area contributed by atoms with Gasteiger partial charge in [-0.25, -0.2) is 13.4 Å². The summed E-state index contributed by atoms with van der Waals surface area (Å²) in [7, 11) is -3.81. The standard InChI is InChI=1S/C11H15F3N2O3S/c1-2-19-10-5-4-9(8-15-10)16-20(17,18)7-3-6-11(12,13)14/h4-5,8,16H,2-3,6-7H2,1H3. The second-order valence-electron chi connectivity index (χ2n) is 3.96. The highest BCUT2D eigenvalue weighted by atomic mass is 32.2. The van der Waals surface area contributed by atoms with Crippen LogP contribution in [0.4, 0.5) is 18.9 Å². The van der Waals surface area contributed by atoms with Gasteiger partial charge in [-0.05, 0) is 19.4 Å². The summed E-state index contributed by atoms with van der Waals surface area (Å²) in [6.07, 6.45) is -4.72. The number of rotatable bonds is 7. The van der Waals surface area contributed by atoms with Crippen molar-refractivity contribution in [3.63, 3.8) is 0 Å². The molecule has 0 aliphatic carbocycles. The number of sulfonamides is 1. The molecule has 114 valence electrons. The number of aromatic nitrogens is 1. The number of ether oxygens (including phenoxy) is 1. The first-order chi connectivity index (χ1) is 9.22. The first-order valence-corrected chi connectivity index (χ1v) is 7.53. The molecule has 1 heterocycles. The first-order valence-electron chi connectivity index (χ1n) is 5.88. The Balaban J connectivity index is 2.53. The molecule has 0 unspecified atom stereocenters. The Kier molecular flexibility index (Phi) is 5.61. The zero-order valence-corrected chi connectivity index (χ0v) is 11.6. The molecule has 0 atom stereocenters. The van der Waals surface area contributed by atoms with Crippen LogP contribution in [-0.2, 0) is 10.0 Å². The third kappa shape index (κ3) is 6.60. The number of halogens is 3. The number of anilines is 1. The van der Waals surface area contributed by atoms with Gasteiger partial charge in [0.15, 0.2) is 0 Å². The van der Waals surface area contributed by atoms with Crippen LogP contribution in [-0.4, -0.2) is 31.9 Å².